The average Bonchev–Trinajstić information content (AvgIpc) is 3.29. The van der Waals surface area contributed by atoms with Gasteiger partial charge in [0.05, 0.1) is 6.61 Å². The molecule has 0 radical (unpaired) electrons. The van der Waals surface area contributed by atoms with Crippen molar-refractivity contribution in [3.8, 4) is 0 Å². The van der Waals surface area contributed by atoms with Gasteiger partial charge in [-0.05, 0) is 44.9 Å². The zero-order valence-corrected chi connectivity index (χ0v) is 41.5. The van der Waals surface area contributed by atoms with Crippen molar-refractivity contribution < 1.29 is 58.2 Å². The summed E-state index contributed by atoms with van der Waals surface area (Å²) >= 11 is 0. The van der Waals surface area contributed by atoms with E-state index in [1.54, 1.807) is 0 Å². The van der Waals surface area contributed by atoms with Crippen LogP contribution in [0.3, 0.4) is 0 Å². The minimum absolute atomic E-state index is 0.0657. The van der Waals surface area contributed by atoms with E-state index in [0.717, 1.165) is 83.5 Å². The van der Waals surface area contributed by atoms with Crippen LogP contribution in [0.1, 0.15) is 252 Å². The van der Waals surface area contributed by atoms with Crippen LogP contribution in [-0.2, 0) is 42.9 Å². The van der Waals surface area contributed by atoms with Crippen LogP contribution in [0.15, 0.2) is 12.2 Å². The molecule has 0 amide bonds. The number of aliphatic carboxylic acids is 1. The molecule has 1 fully saturated rings. The Bertz CT molecular complexity index is 1190. The molecule has 1 aliphatic heterocycles. The molecule has 1 rings (SSSR count). The van der Waals surface area contributed by atoms with Crippen molar-refractivity contribution in [2.75, 3.05) is 13.2 Å². The van der Waals surface area contributed by atoms with Gasteiger partial charge in [-0.15, -0.1) is 0 Å². The maximum absolute atomic E-state index is 13.1. The van der Waals surface area contributed by atoms with Crippen LogP contribution in [0.2, 0.25) is 0 Å². The highest BCUT2D eigenvalue weighted by Gasteiger charge is 2.50. The van der Waals surface area contributed by atoms with E-state index >= 15 is 0 Å². The van der Waals surface area contributed by atoms with Gasteiger partial charge in [0.25, 0.3) is 0 Å². The fraction of sp³-hybridized carbons (Fsp3) is 0.887. The van der Waals surface area contributed by atoms with Gasteiger partial charge in [-0.1, -0.05) is 200 Å². The molecular formula is C53H96O12. The number of carbonyl (C=O) groups excluding carboxylic acids is 3. The Kier molecular flexibility index (Phi) is 39.8. The Morgan fingerprint density at radius 1 is 0.492 bits per heavy atom. The number of aliphatic hydroxyl groups is 2. The summed E-state index contributed by atoms with van der Waals surface area (Å²) < 4.78 is 28.3. The van der Waals surface area contributed by atoms with Crippen molar-refractivity contribution >= 4 is 23.9 Å². The van der Waals surface area contributed by atoms with Crippen molar-refractivity contribution in [1.82, 2.24) is 0 Å². The second-order valence-corrected chi connectivity index (χ2v) is 18.5. The van der Waals surface area contributed by atoms with E-state index < -0.39 is 67.3 Å². The van der Waals surface area contributed by atoms with E-state index in [1.165, 1.54) is 109 Å². The number of rotatable bonds is 45. The number of hydrogen-bond acceptors (Lipinski definition) is 11. The molecule has 12 heteroatoms. The summed E-state index contributed by atoms with van der Waals surface area (Å²) in [6.07, 6.45) is 32.1. The lowest BCUT2D eigenvalue weighted by molar-refractivity contribution is -0.301. The van der Waals surface area contributed by atoms with Crippen molar-refractivity contribution in [1.29, 1.82) is 0 Å². The first-order chi connectivity index (χ1) is 31.6. The number of hydrogen-bond donors (Lipinski definition) is 3. The lowest BCUT2D eigenvalue weighted by Gasteiger charge is -2.40. The highest BCUT2D eigenvalue weighted by molar-refractivity contribution is 5.74. The molecule has 0 saturated carbocycles. The zero-order valence-electron chi connectivity index (χ0n) is 41.5. The molecule has 0 bridgehead atoms. The van der Waals surface area contributed by atoms with Gasteiger partial charge in [-0.25, -0.2) is 4.79 Å². The van der Waals surface area contributed by atoms with E-state index in [-0.39, 0.29) is 25.9 Å². The normalized spacial score (nSPS) is 19.1. The minimum Gasteiger partial charge on any atom is -0.479 e. The monoisotopic (exact) mass is 925 g/mol. The van der Waals surface area contributed by atoms with Gasteiger partial charge in [-0.3, -0.25) is 14.4 Å². The Hall–Kier alpha value is -2.54. The van der Waals surface area contributed by atoms with Crippen molar-refractivity contribution in [2.45, 2.75) is 289 Å². The lowest BCUT2D eigenvalue weighted by Crippen LogP contribution is -2.61. The van der Waals surface area contributed by atoms with Crippen LogP contribution in [0.5, 0.6) is 0 Å². The number of carboxylic acid groups (broad SMARTS) is 1. The number of carboxylic acids is 1. The molecule has 1 saturated heterocycles. The summed E-state index contributed by atoms with van der Waals surface area (Å²) in [7, 11) is 0. The first-order valence-electron chi connectivity index (χ1n) is 26.7. The second-order valence-electron chi connectivity index (χ2n) is 18.5. The summed E-state index contributed by atoms with van der Waals surface area (Å²) in [6.45, 7) is 5.93. The van der Waals surface area contributed by atoms with Gasteiger partial charge in [0.1, 0.15) is 18.8 Å². The molecule has 0 aliphatic carbocycles. The summed E-state index contributed by atoms with van der Waals surface area (Å²) in [5, 5.41) is 31.3. The number of carbonyl (C=O) groups is 4. The molecule has 1 heterocycles. The molecule has 6 unspecified atom stereocenters. The molecule has 0 spiro atoms. The van der Waals surface area contributed by atoms with Crippen molar-refractivity contribution in [3.63, 3.8) is 0 Å². The highest BCUT2D eigenvalue weighted by atomic mass is 16.7. The summed E-state index contributed by atoms with van der Waals surface area (Å²) in [4.78, 5) is 50.7. The third kappa shape index (κ3) is 33.6. The first-order valence-corrected chi connectivity index (χ1v) is 26.7. The number of allylic oxidation sites excluding steroid dienone is 2. The van der Waals surface area contributed by atoms with Gasteiger partial charge in [0.15, 0.2) is 24.6 Å². The standard InChI is InChI=1S/C53H96O12/c1-4-7-10-13-16-19-21-23-25-28-30-33-36-39-45(54)61-42-44(63-46(55)40-37-34-32-29-26-24-22-20-17-14-11-8-5-2)43-62-53-51(49(58)48(57)50(65-53)52(59)60)64-47(56)41-38-35-31-27-18-15-12-9-6-3/h19,21,44,48-51,53,57-58H,4-18,20,22-43H2,1-3H3,(H,59,60)/b21-19-. The molecule has 3 N–H and O–H groups in total. The molecule has 6 atom stereocenters. The number of aliphatic hydroxyl groups excluding tert-OH is 2. The van der Waals surface area contributed by atoms with Crippen LogP contribution >= 0.6 is 0 Å². The molecule has 380 valence electrons. The number of unbranched alkanes of at least 4 members (excludes halogenated alkanes) is 29. The molecule has 0 aromatic rings. The minimum atomic E-state index is -1.89. The van der Waals surface area contributed by atoms with E-state index in [9.17, 15) is 34.5 Å². The molecule has 1 aliphatic rings. The van der Waals surface area contributed by atoms with Crippen molar-refractivity contribution in [3.05, 3.63) is 12.2 Å². The quantitative estimate of drug-likeness (QED) is 0.0228. The van der Waals surface area contributed by atoms with Gasteiger partial charge < -0.3 is 39.0 Å². The summed E-state index contributed by atoms with van der Waals surface area (Å²) in [6, 6.07) is 0. The van der Waals surface area contributed by atoms with E-state index in [1.807, 2.05) is 0 Å². The van der Waals surface area contributed by atoms with Crippen LogP contribution in [-0.4, -0.2) is 89.2 Å². The predicted octanol–water partition coefficient (Wildman–Crippen LogP) is 12.6. The molecule has 0 aromatic carbocycles. The Labute approximate surface area is 395 Å². The maximum Gasteiger partial charge on any atom is 0.335 e. The average molecular weight is 925 g/mol. The fourth-order valence-electron chi connectivity index (χ4n) is 8.19. The van der Waals surface area contributed by atoms with E-state index in [0.29, 0.717) is 19.3 Å². The Balaban J connectivity index is 2.72. The predicted molar refractivity (Wildman–Crippen MR) is 257 cm³/mol. The molecule has 12 nitrogen and oxygen atoms in total. The SMILES string of the molecule is CCCCCC/C=C\CCCCCCCC(=O)OCC(COC1OC(C(=O)O)C(O)C(O)C1OC(=O)CCCCCCCCCCC)OC(=O)CCCCCCCCCCCCCCC. The smallest absolute Gasteiger partial charge is 0.335 e. The summed E-state index contributed by atoms with van der Waals surface area (Å²) in [5.41, 5.74) is 0. The van der Waals surface area contributed by atoms with Gasteiger partial charge in [0, 0.05) is 19.3 Å². The number of esters is 3. The third-order valence-electron chi connectivity index (χ3n) is 12.3. The molecular weight excluding hydrogens is 829 g/mol. The number of ether oxygens (including phenoxy) is 5. The van der Waals surface area contributed by atoms with Crippen LogP contribution in [0, 0.1) is 0 Å². The first kappa shape index (κ1) is 60.5. The fourth-order valence-corrected chi connectivity index (χ4v) is 8.19. The van der Waals surface area contributed by atoms with Crippen LogP contribution in [0.4, 0.5) is 0 Å². The topological polar surface area (TPSA) is 175 Å². The molecule has 65 heavy (non-hydrogen) atoms. The van der Waals surface area contributed by atoms with Gasteiger partial charge in [-0.2, -0.15) is 0 Å². The highest BCUT2D eigenvalue weighted by Crippen LogP contribution is 2.26. The molecule has 0 aromatic heterocycles. The largest absolute Gasteiger partial charge is 0.479 e. The third-order valence-corrected chi connectivity index (χ3v) is 12.3. The Morgan fingerprint density at radius 2 is 0.877 bits per heavy atom. The zero-order chi connectivity index (χ0) is 47.6. The van der Waals surface area contributed by atoms with Crippen LogP contribution in [0.25, 0.3) is 0 Å². The van der Waals surface area contributed by atoms with Crippen LogP contribution < -0.4 is 0 Å². The summed E-state index contributed by atoms with van der Waals surface area (Å²) in [5.74, 6) is -3.11. The maximum atomic E-state index is 13.1. The Morgan fingerprint density at radius 3 is 1.32 bits per heavy atom. The van der Waals surface area contributed by atoms with E-state index in [4.69, 9.17) is 23.7 Å². The van der Waals surface area contributed by atoms with Gasteiger partial charge >= 0.3 is 23.9 Å². The lowest BCUT2D eigenvalue weighted by atomic mass is 9.98. The van der Waals surface area contributed by atoms with Crippen molar-refractivity contribution in [2.24, 2.45) is 0 Å². The second kappa shape index (κ2) is 42.8. The van der Waals surface area contributed by atoms with Gasteiger partial charge in [0.2, 0.25) is 0 Å². The van der Waals surface area contributed by atoms with E-state index in [2.05, 4.69) is 32.9 Å².